The van der Waals surface area contributed by atoms with Gasteiger partial charge in [-0.2, -0.15) is 0 Å². The molecule has 0 radical (unpaired) electrons. The van der Waals surface area contributed by atoms with Crippen molar-refractivity contribution in [2.45, 2.75) is 59.3 Å². The molecule has 1 N–H and O–H groups in total. The number of carbonyl (C=O) groups excluding carboxylic acids is 1. The third kappa shape index (κ3) is 2.49. The zero-order chi connectivity index (χ0) is 13.2. The summed E-state index contributed by atoms with van der Waals surface area (Å²) >= 11 is 0. The van der Waals surface area contributed by atoms with Crippen LogP contribution in [0.5, 0.6) is 0 Å². The van der Waals surface area contributed by atoms with Crippen molar-refractivity contribution in [3.8, 4) is 0 Å². The lowest BCUT2D eigenvalue weighted by atomic mass is 9.65. The van der Waals surface area contributed by atoms with Gasteiger partial charge in [0.05, 0.1) is 0 Å². The molecule has 1 saturated carbocycles. The van der Waals surface area contributed by atoms with E-state index < -0.39 is 0 Å². The maximum atomic E-state index is 13.0. The van der Waals surface area contributed by atoms with Gasteiger partial charge < -0.3 is 5.32 Å². The molecule has 0 aromatic carbocycles. The standard InChI is InChI=1S/C16H29NO/c1-4-13-6-5-7-14(10-13)15(18)16(12(2)3)8-9-17-11-16/h12-14,17H,4-11H2,1-3H3. The maximum absolute atomic E-state index is 13.0. The van der Waals surface area contributed by atoms with Gasteiger partial charge in [-0.05, 0) is 37.6 Å². The quantitative estimate of drug-likeness (QED) is 0.829. The predicted octanol–water partition coefficient (Wildman–Crippen LogP) is 3.41. The van der Waals surface area contributed by atoms with Gasteiger partial charge >= 0.3 is 0 Å². The zero-order valence-corrected chi connectivity index (χ0v) is 12.3. The smallest absolute Gasteiger partial charge is 0.143 e. The lowest BCUT2D eigenvalue weighted by molar-refractivity contribution is -0.136. The number of carbonyl (C=O) groups is 1. The van der Waals surface area contributed by atoms with E-state index >= 15 is 0 Å². The van der Waals surface area contributed by atoms with Crippen molar-refractivity contribution in [3.63, 3.8) is 0 Å². The Labute approximate surface area is 112 Å². The van der Waals surface area contributed by atoms with Crippen molar-refractivity contribution >= 4 is 5.78 Å². The molecule has 2 fully saturated rings. The van der Waals surface area contributed by atoms with Gasteiger partial charge in [0.15, 0.2) is 0 Å². The van der Waals surface area contributed by atoms with E-state index in [9.17, 15) is 4.79 Å². The normalized spacial score (nSPS) is 37.1. The third-order valence-corrected chi connectivity index (χ3v) is 5.52. The summed E-state index contributed by atoms with van der Waals surface area (Å²) in [5, 5.41) is 3.42. The van der Waals surface area contributed by atoms with E-state index in [1.807, 2.05) is 0 Å². The maximum Gasteiger partial charge on any atom is 0.143 e. The second-order valence-electron chi connectivity index (χ2n) is 6.74. The molecule has 2 aliphatic rings. The van der Waals surface area contributed by atoms with E-state index in [2.05, 4.69) is 26.1 Å². The molecule has 0 aromatic rings. The molecule has 0 amide bonds. The molecule has 1 aliphatic heterocycles. The molecule has 2 rings (SSSR count). The second kappa shape index (κ2) is 5.73. The fourth-order valence-electron chi connectivity index (χ4n) is 4.01. The molecule has 0 spiro atoms. The molecule has 2 nitrogen and oxygen atoms in total. The van der Waals surface area contributed by atoms with Crippen LogP contribution in [-0.4, -0.2) is 18.9 Å². The third-order valence-electron chi connectivity index (χ3n) is 5.52. The van der Waals surface area contributed by atoms with Crippen LogP contribution in [0.25, 0.3) is 0 Å². The second-order valence-corrected chi connectivity index (χ2v) is 6.74. The molecule has 0 bridgehead atoms. The Morgan fingerprint density at radius 1 is 1.39 bits per heavy atom. The van der Waals surface area contributed by atoms with Crippen molar-refractivity contribution in [1.82, 2.24) is 5.32 Å². The van der Waals surface area contributed by atoms with Crippen molar-refractivity contribution < 1.29 is 4.79 Å². The lowest BCUT2D eigenvalue weighted by Crippen LogP contribution is -2.43. The van der Waals surface area contributed by atoms with Crippen molar-refractivity contribution in [1.29, 1.82) is 0 Å². The Kier molecular flexibility index (Phi) is 4.47. The molecule has 0 aromatic heterocycles. The first kappa shape index (κ1) is 14.0. The van der Waals surface area contributed by atoms with E-state index in [0.717, 1.165) is 38.3 Å². The number of ketones is 1. The van der Waals surface area contributed by atoms with Crippen LogP contribution in [0.15, 0.2) is 0 Å². The highest BCUT2D eigenvalue weighted by Gasteiger charge is 2.46. The molecular weight excluding hydrogens is 222 g/mol. The van der Waals surface area contributed by atoms with E-state index in [0.29, 0.717) is 17.6 Å². The Balaban J connectivity index is 2.09. The van der Waals surface area contributed by atoms with Crippen LogP contribution in [-0.2, 0) is 4.79 Å². The first-order chi connectivity index (χ1) is 8.60. The molecule has 1 aliphatic carbocycles. The van der Waals surface area contributed by atoms with Gasteiger partial charge in [0.25, 0.3) is 0 Å². The van der Waals surface area contributed by atoms with Crippen LogP contribution in [0, 0.1) is 23.2 Å². The van der Waals surface area contributed by atoms with Gasteiger partial charge in [-0.3, -0.25) is 4.79 Å². The van der Waals surface area contributed by atoms with Gasteiger partial charge in [-0.1, -0.05) is 40.0 Å². The molecule has 3 atom stereocenters. The minimum Gasteiger partial charge on any atom is -0.316 e. The molecule has 1 saturated heterocycles. The Hall–Kier alpha value is -0.370. The predicted molar refractivity (Wildman–Crippen MR) is 75.5 cm³/mol. The summed E-state index contributed by atoms with van der Waals surface area (Å²) in [6.45, 7) is 8.66. The topological polar surface area (TPSA) is 29.1 Å². The molecule has 104 valence electrons. The average molecular weight is 251 g/mol. The van der Waals surface area contributed by atoms with Gasteiger partial charge in [-0.15, -0.1) is 0 Å². The molecule has 18 heavy (non-hydrogen) atoms. The Morgan fingerprint density at radius 3 is 2.72 bits per heavy atom. The van der Waals surface area contributed by atoms with E-state index in [1.54, 1.807) is 0 Å². The first-order valence-electron chi connectivity index (χ1n) is 7.85. The molecule has 1 heterocycles. The number of hydrogen-bond donors (Lipinski definition) is 1. The molecular formula is C16H29NO. The monoisotopic (exact) mass is 251 g/mol. The Morgan fingerprint density at radius 2 is 2.17 bits per heavy atom. The minimum atomic E-state index is -0.0553. The summed E-state index contributed by atoms with van der Waals surface area (Å²) < 4.78 is 0. The fourth-order valence-corrected chi connectivity index (χ4v) is 4.01. The summed E-state index contributed by atoms with van der Waals surface area (Å²) in [5.41, 5.74) is -0.0553. The highest BCUT2D eigenvalue weighted by molar-refractivity contribution is 5.88. The van der Waals surface area contributed by atoms with E-state index in [4.69, 9.17) is 0 Å². The van der Waals surface area contributed by atoms with Crippen LogP contribution in [0.1, 0.15) is 59.3 Å². The van der Waals surface area contributed by atoms with Crippen molar-refractivity contribution in [3.05, 3.63) is 0 Å². The summed E-state index contributed by atoms with van der Waals surface area (Å²) in [4.78, 5) is 13.0. The van der Waals surface area contributed by atoms with Gasteiger partial charge in [0.1, 0.15) is 5.78 Å². The highest BCUT2D eigenvalue weighted by Crippen LogP contribution is 2.42. The van der Waals surface area contributed by atoms with Crippen LogP contribution >= 0.6 is 0 Å². The van der Waals surface area contributed by atoms with Gasteiger partial charge in [-0.25, -0.2) is 0 Å². The number of Topliss-reactive ketones (excluding diaryl/α,β-unsaturated/α-hetero) is 1. The van der Waals surface area contributed by atoms with Gasteiger partial charge in [0.2, 0.25) is 0 Å². The van der Waals surface area contributed by atoms with Crippen LogP contribution < -0.4 is 5.32 Å². The van der Waals surface area contributed by atoms with E-state index in [-0.39, 0.29) is 5.41 Å². The highest BCUT2D eigenvalue weighted by atomic mass is 16.1. The summed E-state index contributed by atoms with van der Waals surface area (Å²) in [5.74, 6) is 2.21. The lowest BCUT2D eigenvalue weighted by Gasteiger charge is -2.37. The van der Waals surface area contributed by atoms with Crippen LogP contribution in [0.3, 0.4) is 0 Å². The SMILES string of the molecule is CCC1CCCC(C(=O)C2(C(C)C)CCNC2)C1. The summed E-state index contributed by atoms with van der Waals surface area (Å²) in [6.07, 6.45) is 7.20. The van der Waals surface area contributed by atoms with Crippen LogP contribution in [0.4, 0.5) is 0 Å². The number of nitrogens with one attached hydrogen (secondary N) is 1. The zero-order valence-electron chi connectivity index (χ0n) is 12.3. The van der Waals surface area contributed by atoms with Crippen molar-refractivity contribution in [2.75, 3.05) is 13.1 Å². The molecule has 3 unspecified atom stereocenters. The molecule has 2 heteroatoms. The number of rotatable bonds is 4. The number of hydrogen-bond acceptors (Lipinski definition) is 2. The van der Waals surface area contributed by atoms with Crippen molar-refractivity contribution in [2.24, 2.45) is 23.2 Å². The largest absolute Gasteiger partial charge is 0.316 e. The minimum absolute atomic E-state index is 0.0553. The first-order valence-corrected chi connectivity index (χ1v) is 7.85. The summed E-state index contributed by atoms with van der Waals surface area (Å²) in [6, 6.07) is 0. The Bertz CT molecular complexity index is 291. The van der Waals surface area contributed by atoms with Gasteiger partial charge in [0, 0.05) is 17.9 Å². The van der Waals surface area contributed by atoms with Crippen LogP contribution in [0.2, 0.25) is 0 Å². The fraction of sp³-hybridized carbons (Fsp3) is 0.938. The summed E-state index contributed by atoms with van der Waals surface area (Å²) in [7, 11) is 0. The van der Waals surface area contributed by atoms with E-state index in [1.165, 1.54) is 19.3 Å². The average Bonchev–Trinajstić information content (AvgIpc) is 2.88.